The van der Waals surface area contributed by atoms with Crippen LogP contribution in [-0.2, 0) is 4.74 Å². The summed E-state index contributed by atoms with van der Waals surface area (Å²) in [7, 11) is 1.58. The number of hydrogen-bond acceptors (Lipinski definition) is 4. The highest BCUT2D eigenvalue weighted by Gasteiger charge is 2.27. The monoisotopic (exact) mass is 293 g/mol. The second kappa shape index (κ2) is 6.35. The molecule has 0 spiro atoms. The van der Waals surface area contributed by atoms with Crippen LogP contribution in [0.25, 0.3) is 10.1 Å². The van der Waals surface area contributed by atoms with E-state index in [-0.39, 0.29) is 12.5 Å². The van der Waals surface area contributed by atoms with Gasteiger partial charge in [0.2, 0.25) is 0 Å². The molecule has 2 rings (SSSR count). The average molecular weight is 293 g/mol. The number of aliphatic hydroxyl groups is 1. The molecular weight excluding hydrogens is 274 g/mol. The third kappa shape index (κ3) is 3.36. The molecule has 2 aromatic rings. The smallest absolute Gasteiger partial charge is 0.261 e. The Morgan fingerprint density at radius 1 is 1.45 bits per heavy atom. The summed E-state index contributed by atoms with van der Waals surface area (Å²) in [6.07, 6.45) is 0.456. The lowest BCUT2D eigenvalue weighted by atomic mass is 9.99. The van der Waals surface area contributed by atoms with Crippen LogP contribution in [0.4, 0.5) is 0 Å². The van der Waals surface area contributed by atoms with E-state index in [1.165, 1.54) is 11.3 Å². The van der Waals surface area contributed by atoms with E-state index in [0.717, 1.165) is 10.1 Å². The molecule has 0 aliphatic carbocycles. The number of aliphatic hydroxyl groups excluding tert-OH is 1. The largest absolute Gasteiger partial charge is 0.396 e. The van der Waals surface area contributed by atoms with Crippen molar-refractivity contribution in [2.45, 2.75) is 18.9 Å². The van der Waals surface area contributed by atoms with Gasteiger partial charge in [-0.25, -0.2) is 0 Å². The summed E-state index contributed by atoms with van der Waals surface area (Å²) in [5, 5.41) is 13.1. The Kier molecular flexibility index (Phi) is 4.75. The standard InChI is InChI=1S/C15H19NO3S/c1-15(7-8-17,10-19-2)16-14(18)13-9-11-5-3-4-6-12(11)20-13/h3-6,9,17H,7-8,10H2,1-2H3,(H,16,18). The Morgan fingerprint density at radius 3 is 2.85 bits per heavy atom. The number of carbonyl (C=O) groups excluding carboxylic acids is 1. The maximum Gasteiger partial charge on any atom is 0.261 e. The maximum atomic E-state index is 12.3. The minimum Gasteiger partial charge on any atom is -0.396 e. The summed E-state index contributed by atoms with van der Waals surface area (Å²) in [5.74, 6) is -0.126. The van der Waals surface area contributed by atoms with Crippen molar-refractivity contribution in [3.05, 3.63) is 35.2 Å². The summed E-state index contributed by atoms with van der Waals surface area (Å²) in [5.41, 5.74) is -0.559. The highest BCUT2D eigenvalue weighted by Crippen LogP contribution is 2.25. The number of hydrogen-bond donors (Lipinski definition) is 2. The Hall–Kier alpha value is -1.43. The van der Waals surface area contributed by atoms with Gasteiger partial charge in [-0.15, -0.1) is 11.3 Å². The first kappa shape index (κ1) is 15.0. The number of rotatable bonds is 6. The molecule has 0 saturated carbocycles. The molecule has 1 heterocycles. The van der Waals surface area contributed by atoms with E-state index in [1.807, 2.05) is 37.3 Å². The van der Waals surface area contributed by atoms with E-state index in [1.54, 1.807) is 7.11 Å². The van der Waals surface area contributed by atoms with Gasteiger partial charge < -0.3 is 15.2 Å². The first-order chi connectivity index (χ1) is 9.58. The van der Waals surface area contributed by atoms with Crippen molar-refractivity contribution in [1.29, 1.82) is 0 Å². The zero-order chi connectivity index (χ0) is 14.6. The van der Waals surface area contributed by atoms with Crippen LogP contribution >= 0.6 is 11.3 Å². The number of benzene rings is 1. The van der Waals surface area contributed by atoms with E-state index < -0.39 is 5.54 Å². The van der Waals surface area contributed by atoms with Crippen LogP contribution in [0.2, 0.25) is 0 Å². The van der Waals surface area contributed by atoms with Crippen molar-refractivity contribution in [3.63, 3.8) is 0 Å². The average Bonchev–Trinajstić information content (AvgIpc) is 2.82. The molecule has 2 N–H and O–H groups in total. The molecule has 1 aromatic carbocycles. The molecule has 4 nitrogen and oxygen atoms in total. The van der Waals surface area contributed by atoms with E-state index >= 15 is 0 Å². The molecule has 0 bridgehead atoms. The third-order valence-corrected chi connectivity index (χ3v) is 4.31. The Balaban J connectivity index is 2.17. The van der Waals surface area contributed by atoms with Crippen molar-refractivity contribution in [1.82, 2.24) is 5.32 Å². The van der Waals surface area contributed by atoms with Crippen LogP contribution in [-0.4, -0.2) is 36.9 Å². The third-order valence-electron chi connectivity index (χ3n) is 3.19. The summed E-state index contributed by atoms with van der Waals surface area (Å²) < 4.78 is 6.22. The number of fused-ring (bicyclic) bond motifs is 1. The lowest BCUT2D eigenvalue weighted by Gasteiger charge is -2.29. The Bertz CT molecular complexity index is 555. The fraction of sp³-hybridized carbons (Fsp3) is 0.400. The van der Waals surface area contributed by atoms with Crippen molar-refractivity contribution in [3.8, 4) is 0 Å². The molecule has 0 aliphatic heterocycles. The van der Waals surface area contributed by atoms with E-state index in [4.69, 9.17) is 9.84 Å². The summed E-state index contributed by atoms with van der Waals surface area (Å²) in [6.45, 7) is 2.24. The van der Waals surface area contributed by atoms with E-state index in [0.29, 0.717) is 17.9 Å². The summed E-state index contributed by atoms with van der Waals surface area (Å²) in [4.78, 5) is 13.0. The van der Waals surface area contributed by atoms with Gasteiger partial charge in [-0.3, -0.25) is 4.79 Å². The van der Waals surface area contributed by atoms with Gasteiger partial charge in [-0.05, 0) is 30.9 Å². The van der Waals surface area contributed by atoms with Gasteiger partial charge in [0.15, 0.2) is 0 Å². The van der Waals surface area contributed by atoms with Crippen molar-refractivity contribution in [2.24, 2.45) is 0 Å². The Labute approximate surface area is 122 Å². The van der Waals surface area contributed by atoms with Gasteiger partial charge in [-0.2, -0.15) is 0 Å². The van der Waals surface area contributed by atoms with Crippen LogP contribution in [0.1, 0.15) is 23.0 Å². The fourth-order valence-corrected chi connectivity index (χ4v) is 3.12. The second-order valence-corrected chi connectivity index (χ2v) is 6.15. The van der Waals surface area contributed by atoms with Gasteiger partial charge in [0.1, 0.15) is 0 Å². The topological polar surface area (TPSA) is 58.6 Å². The van der Waals surface area contributed by atoms with Gasteiger partial charge >= 0.3 is 0 Å². The van der Waals surface area contributed by atoms with Gasteiger partial charge in [0, 0.05) is 18.4 Å². The number of ether oxygens (including phenoxy) is 1. The first-order valence-corrected chi connectivity index (χ1v) is 7.30. The van der Waals surface area contributed by atoms with Crippen molar-refractivity contribution < 1.29 is 14.6 Å². The zero-order valence-electron chi connectivity index (χ0n) is 11.7. The molecule has 1 unspecified atom stereocenters. The number of thiophene rings is 1. The predicted octanol–water partition coefficient (Wildman–Crippen LogP) is 2.42. The zero-order valence-corrected chi connectivity index (χ0v) is 12.5. The fourth-order valence-electron chi connectivity index (χ4n) is 2.17. The van der Waals surface area contributed by atoms with Gasteiger partial charge in [0.25, 0.3) is 5.91 Å². The van der Waals surface area contributed by atoms with Crippen LogP contribution in [0.15, 0.2) is 30.3 Å². The second-order valence-electron chi connectivity index (χ2n) is 5.07. The molecular formula is C15H19NO3S. The Morgan fingerprint density at radius 2 is 2.20 bits per heavy atom. The quantitative estimate of drug-likeness (QED) is 0.860. The summed E-state index contributed by atoms with van der Waals surface area (Å²) >= 11 is 1.47. The highest BCUT2D eigenvalue weighted by atomic mass is 32.1. The van der Waals surface area contributed by atoms with Gasteiger partial charge in [-0.1, -0.05) is 18.2 Å². The van der Waals surface area contributed by atoms with Crippen LogP contribution in [0, 0.1) is 0 Å². The molecule has 20 heavy (non-hydrogen) atoms. The lowest BCUT2D eigenvalue weighted by Crippen LogP contribution is -2.49. The molecule has 1 amide bonds. The molecule has 1 aromatic heterocycles. The van der Waals surface area contributed by atoms with Crippen molar-refractivity contribution in [2.75, 3.05) is 20.3 Å². The number of methoxy groups -OCH3 is 1. The molecule has 1 atom stereocenters. The summed E-state index contributed by atoms with van der Waals surface area (Å²) in [6, 6.07) is 9.80. The van der Waals surface area contributed by atoms with Crippen LogP contribution in [0.3, 0.4) is 0 Å². The SMILES string of the molecule is COCC(C)(CCO)NC(=O)c1cc2ccccc2s1. The number of amides is 1. The minimum atomic E-state index is -0.559. The van der Waals surface area contributed by atoms with Crippen molar-refractivity contribution >= 4 is 27.3 Å². The van der Waals surface area contributed by atoms with Crippen LogP contribution < -0.4 is 5.32 Å². The van der Waals surface area contributed by atoms with Gasteiger partial charge in [0.05, 0.1) is 17.0 Å². The number of carbonyl (C=O) groups is 1. The molecule has 0 aliphatic rings. The first-order valence-electron chi connectivity index (χ1n) is 6.49. The normalized spacial score (nSPS) is 14.2. The molecule has 0 fully saturated rings. The van der Waals surface area contributed by atoms with E-state index in [2.05, 4.69) is 5.32 Å². The lowest BCUT2D eigenvalue weighted by molar-refractivity contribution is 0.0729. The van der Waals surface area contributed by atoms with Crippen LogP contribution in [0.5, 0.6) is 0 Å². The predicted molar refractivity (Wildman–Crippen MR) is 81.3 cm³/mol. The van der Waals surface area contributed by atoms with E-state index in [9.17, 15) is 4.79 Å². The highest BCUT2D eigenvalue weighted by molar-refractivity contribution is 7.20. The number of nitrogens with one attached hydrogen (secondary N) is 1. The molecule has 0 saturated heterocycles. The molecule has 0 radical (unpaired) electrons. The molecule has 5 heteroatoms. The molecule has 108 valence electrons. The maximum absolute atomic E-state index is 12.3. The minimum absolute atomic E-state index is 0.00650.